The van der Waals surface area contributed by atoms with E-state index < -0.39 is 6.10 Å². The number of aryl methyl sites for hydroxylation is 1. The number of aliphatic hydroxyl groups excluding tert-OH is 1. The highest BCUT2D eigenvalue weighted by Crippen LogP contribution is 2.11. The first kappa shape index (κ1) is 12.7. The van der Waals surface area contributed by atoms with E-state index >= 15 is 0 Å². The Kier molecular flexibility index (Phi) is 4.06. The average molecular weight is 251 g/mol. The van der Waals surface area contributed by atoms with Gasteiger partial charge in [0, 0.05) is 26.0 Å². The van der Waals surface area contributed by atoms with Gasteiger partial charge in [-0.1, -0.05) is 0 Å². The summed E-state index contributed by atoms with van der Waals surface area (Å²) in [5.74, 6) is 1.48. The largest absolute Gasteiger partial charge is 0.391 e. The van der Waals surface area contributed by atoms with E-state index in [0.717, 1.165) is 5.82 Å². The number of aromatic nitrogens is 4. The van der Waals surface area contributed by atoms with Crippen LogP contribution in [0.3, 0.4) is 0 Å². The first-order chi connectivity index (χ1) is 8.72. The zero-order chi connectivity index (χ0) is 13.0. The van der Waals surface area contributed by atoms with Gasteiger partial charge < -0.3 is 15.2 Å². The van der Waals surface area contributed by atoms with Crippen LogP contribution in [0.5, 0.6) is 0 Å². The fraction of sp³-hybridized carbons (Fsp3) is 0.545. The Balaban J connectivity index is 1.99. The highest BCUT2D eigenvalue weighted by molar-refractivity contribution is 5.61. The zero-order valence-electron chi connectivity index (χ0n) is 10.5. The lowest BCUT2D eigenvalue weighted by molar-refractivity contribution is 0.0615. The number of hydrogen-bond acceptors (Lipinski definition) is 6. The Morgan fingerprint density at radius 1 is 1.50 bits per heavy atom. The van der Waals surface area contributed by atoms with Crippen LogP contribution >= 0.6 is 0 Å². The summed E-state index contributed by atoms with van der Waals surface area (Å²) in [5, 5.41) is 20.7. The van der Waals surface area contributed by atoms with Crippen LogP contribution in [0.15, 0.2) is 12.4 Å². The topological polar surface area (TPSA) is 84.6 Å². The molecule has 0 saturated carbocycles. The third kappa shape index (κ3) is 2.74. The molecule has 1 atom stereocenters. The van der Waals surface area contributed by atoms with Gasteiger partial charge >= 0.3 is 0 Å². The van der Waals surface area contributed by atoms with Crippen molar-refractivity contribution in [2.45, 2.75) is 19.4 Å². The molecule has 0 spiro atoms. The van der Waals surface area contributed by atoms with Crippen LogP contribution in [0, 0.1) is 6.92 Å². The summed E-state index contributed by atoms with van der Waals surface area (Å²) in [6.07, 6.45) is 3.62. The van der Waals surface area contributed by atoms with Crippen LogP contribution < -0.4 is 5.32 Å². The van der Waals surface area contributed by atoms with E-state index in [1.165, 1.54) is 0 Å². The molecule has 0 fully saturated rings. The second-order valence-electron chi connectivity index (χ2n) is 4.04. The lowest BCUT2D eigenvalue weighted by atomic mass is 10.2. The standard InChI is InChI=1S/C11H17N5O2/c1-8-14-15-11-10(13-5-6-16(8)11)12-4-3-9(17)7-18-2/h5-6,9,17H,3-4,7H2,1-2H3,(H,12,13). The quantitative estimate of drug-likeness (QED) is 0.765. The van der Waals surface area contributed by atoms with Crippen molar-refractivity contribution in [3.8, 4) is 0 Å². The molecule has 0 aromatic carbocycles. The fourth-order valence-electron chi connectivity index (χ4n) is 1.70. The number of anilines is 1. The van der Waals surface area contributed by atoms with Gasteiger partial charge in [-0.25, -0.2) is 4.98 Å². The Bertz CT molecular complexity index is 513. The number of nitrogens with one attached hydrogen (secondary N) is 1. The molecule has 7 heteroatoms. The van der Waals surface area contributed by atoms with Gasteiger partial charge in [0.05, 0.1) is 12.7 Å². The summed E-state index contributed by atoms with van der Waals surface area (Å²) in [5.41, 5.74) is 0.691. The minimum atomic E-state index is -0.471. The van der Waals surface area contributed by atoms with Crippen LogP contribution in [0.4, 0.5) is 5.82 Å². The van der Waals surface area contributed by atoms with E-state index in [-0.39, 0.29) is 0 Å². The summed E-state index contributed by atoms with van der Waals surface area (Å²) < 4.78 is 6.72. The SMILES string of the molecule is COCC(O)CCNc1nccn2c(C)nnc12. The second kappa shape index (κ2) is 5.74. The molecule has 2 aromatic rings. The molecule has 0 aliphatic carbocycles. The first-order valence-corrected chi connectivity index (χ1v) is 5.79. The molecule has 7 nitrogen and oxygen atoms in total. The maximum Gasteiger partial charge on any atom is 0.203 e. The molecule has 0 radical (unpaired) electrons. The van der Waals surface area contributed by atoms with Gasteiger partial charge in [-0.2, -0.15) is 0 Å². The van der Waals surface area contributed by atoms with Crippen molar-refractivity contribution in [1.82, 2.24) is 19.6 Å². The summed E-state index contributed by atoms with van der Waals surface area (Å²) in [6, 6.07) is 0. The zero-order valence-corrected chi connectivity index (χ0v) is 10.5. The second-order valence-corrected chi connectivity index (χ2v) is 4.04. The van der Waals surface area contributed by atoms with E-state index in [4.69, 9.17) is 4.74 Å². The molecule has 0 amide bonds. The van der Waals surface area contributed by atoms with Crippen molar-refractivity contribution in [3.63, 3.8) is 0 Å². The summed E-state index contributed by atoms with van der Waals surface area (Å²) >= 11 is 0. The van der Waals surface area contributed by atoms with Crippen molar-refractivity contribution in [1.29, 1.82) is 0 Å². The van der Waals surface area contributed by atoms with Crippen LogP contribution in [-0.2, 0) is 4.74 Å². The molecule has 2 rings (SSSR count). The molecule has 2 N–H and O–H groups in total. The number of fused-ring (bicyclic) bond motifs is 1. The molecule has 1 unspecified atom stereocenters. The molecule has 0 aliphatic heterocycles. The molecule has 0 aliphatic rings. The molecule has 0 saturated heterocycles. The predicted molar refractivity (Wildman–Crippen MR) is 66.5 cm³/mol. The average Bonchev–Trinajstić information content (AvgIpc) is 2.73. The van der Waals surface area contributed by atoms with Crippen molar-refractivity contribution < 1.29 is 9.84 Å². The van der Waals surface area contributed by atoms with E-state index in [1.54, 1.807) is 13.3 Å². The van der Waals surface area contributed by atoms with Gasteiger partial charge in [0.15, 0.2) is 5.82 Å². The minimum Gasteiger partial charge on any atom is -0.391 e. The number of ether oxygens (including phenoxy) is 1. The van der Waals surface area contributed by atoms with E-state index in [1.807, 2.05) is 17.5 Å². The molecule has 98 valence electrons. The molecule has 0 bridgehead atoms. The molecular formula is C11H17N5O2. The van der Waals surface area contributed by atoms with Crippen LogP contribution in [0.2, 0.25) is 0 Å². The Labute approximate surface area is 105 Å². The smallest absolute Gasteiger partial charge is 0.203 e. The maximum atomic E-state index is 9.53. The molecule has 2 heterocycles. The number of hydrogen-bond donors (Lipinski definition) is 2. The maximum absolute atomic E-state index is 9.53. The monoisotopic (exact) mass is 251 g/mol. The van der Waals surface area contributed by atoms with Crippen molar-refractivity contribution >= 4 is 11.5 Å². The number of aliphatic hydroxyl groups is 1. The lowest BCUT2D eigenvalue weighted by Crippen LogP contribution is -2.18. The van der Waals surface area contributed by atoms with E-state index in [9.17, 15) is 5.11 Å². The molecule has 18 heavy (non-hydrogen) atoms. The first-order valence-electron chi connectivity index (χ1n) is 5.79. The van der Waals surface area contributed by atoms with Gasteiger partial charge in [0.25, 0.3) is 0 Å². The van der Waals surface area contributed by atoms with Gasteiger partial charge in [0.2, 0.25) is 5.65 Å². The highest BCUT2D eigenvalue weighted by Gasteiger charge is 2.08. The number of rotatable bonds is 6. The number of methoxy groups -OCH3 is 1. The van der Waals surface area contributed by atoms with Crippen LogP contribution in [0.1, 0.15) is 12.2 Å². The minimum absolute atomic E-state index is 0.337. The fourth-order valence-corrected chi connectivity index (χ4v) is 1.70. The Hall–Kier alpha value is -1.73. The highest BCUT2D eigenvalue weighted by atomic mass is 16.5. The van der Waals surface area contributed by atoms with Crippen LogP contribution in [0.25, 0.3) is 5.65 Å². The van der Waals surface area contributed by atoms with Gasteiger partial charge in [-0.05, 0) is 13.3 Å². The van der Waals surface area contributed by atoms with E-state index in [2.05, 4.69) is 20.5 Å². The summed E-state index contributed by atoms with van der Waals surface area (Å²) in [7, 11) is 1.57. The Morgan fingerprint density at radius 3 is 3.11 bits per heavy atom. The van der Waals surface area contributed by atoms with Crippen molar-refractivity contribution in [2.75, 3.05) is 25.6 Å². The van der Waals surface area contributed by atoms with Crippen LogP contribution in [-0.4, -0.2) is 51.1 Å². The van der Waals surface area contributed by atoms with Gasteiger partial charge in [0.1, 0.15) is 5.82 Å². The molecular weight excluding hydrogens is 234 g/mol. The van der Waals surface area contributed by atoms with Gasteiger partial charge in [-0.15, -0.1) is 10.2 Å². The Morgan fingerprint density at radius 2 is 2.33 bits per heavy atom. The normalized spacial score (nSPS) is 12.8. The van der Waals surface area contributed by atoms with Gasteiger partial charge in [-0.3, -0.25) is 4.40 Å². The molecule has 2 aromatic heterocycles. The number of nitrogens with zero attached hydrogens (tertiary/aromatic N) is 4. The van der Waals surface area contributed by atoms with Crippen molar-refractivity contribution in [2.24, 2.45) is 0 Å². The summed E-state index contributed by atoms with van der Waals surface area (Å²) in [6.45, 7) is 2.82. The van der Waals surface area contributed by atoms with E-state index in [0.29, 0.717) is 31.0 Å². The summed E-state index contributed by atoms with van der Waals surface area (Å²) in [4.78, 5) is 4.22. The lowest BCUT2D eigenvalue weighted by Gasteiger charge is -2.10. The van der Waals surface area contributed by atoms with Crippen molar-refractivity contribution in [3.05, 3.63) is 18.2 Å². The third-order valence-corrected chi connectivity index (χ3v) is 2.63. The third-order valence-electron chi connectivity index (χ3n) is 2.63. The predicted octanol–water partition coefficient (Wildman–Crippen LogP) is 0.242.